The summed E-state index contributed by atoms with van der Waals surface area (Å²) in [5.74, 6) is 4.51. The van der Waals surface area contributed by atoms with E-state index >= 15 is 0 Å². The molecule has 0 aliphatic heterocycles. The van der Waals surface area contributed by atoms with Crippen molar-refractivity contribution in [3.05, 3.63) is 53.6 Å². The van der Waals surface area contributed by atoms with Gasteiger partial charge in [0.15, 0.2) is 30.9 Å². The van der Waals surface area contributed by atoms with E-state index in [4.69, 9.17) is 39.6 Å². The first-order valence-corrected chi connectivity index (χ1v) is 10.2. The lowest BCUT2D eigenvalue weighted by atomic mass is 10.1. The molecule has 0 amide bonds. The van der Waals surface area contributed by atoms with Crippen LogP contribution in [0.25, 0.3) is 12.2 Å². The summed E-state index contributed by atoms with van der Waals surface area (Å²) in [6, 6.07) is 8.66. The average Bonchev–Trinajstić information content (AvgIpc) is 2.86. The summed E-state index contributed by atoms with van der Waals surface area (Å²) in [4.78, 5) is 12.4. The van der Waals surface area contributed by atoms with E-state index < -0.39 is 0 Å². The smallest absolute Gasteiger partial charge is 0.204 e. The van der Waals surface area contributed by atoms with Crippen LogP contribution < -0.4 is 23.7 Å². The highest BCUT2D eigenvalue weighted by Gasteiger charge is 2.13. The van der Waals surface area contributed by atoms with E-state index in [9.17, 15) is 4.79 Å². The van der Waals surface area contributed by atoms with Crippen molar-refractivity contribution in [3.63, 3.8) is 0 Å². The summed E-state index contributed by atoms with van der Waals surface area (Å²) >= 11 is 0. The normalized spacial score (nSPS) is 10.8. The third kappa shape index (κ3) is 8.20. The van der Waals surface area contributed by atoms with Crippen molar-refractivity contribution < 1.29 is 38.0 Å². The second kappa shape index (κ2) is 14.3. The van der Waals surface area contributed by atoms with Gasteiger partial charge in [0.1, 0.15) is 18.1 Å². The number of benzene rings is 2. The van der Waals surface area contributed by atoms with Crippen molar-refractivity contribution in [3.8, 4) is 41.1 Å². The molecule has 2 rings (SSSR count). The first-order valence-electron chi connectivity index (χ1n) is 10.2. The summed E-state index contributed by atoms with van der Waals surface area (Å²) in [7, 11) is 6.07. The molecule has 180 valence electrons. The molecule has 2 aromatic rings. The van der Waals surface area contributed by atoms with Crippen LogP contribution in [0.5, 0.6) is 28.7 Å². The molecule has 0 aromatic heterocycles. The van der Waals surface area contributed by atoms with Crippen molar-refractivity contribution >= 4 is 17.9 Å². The van der Waals surface area contributed by atoms with Crippen LogP contribution >= 0.6 is 0 Å². The largest absolute Gasteiger partial charge is 0.493 e. The third-order valence-corrected chi connectivity index (χ3v) is 4.25. The van der Waals surface area contributed by atoms with Gasteiger partial charge in [-0.25, -0.2) is 0 Å². The molecule has 34 heavy (non-hydrogen) atoms. The van der Waals surface area contributed by atoms with Gasteiger partial charge in [-0.3, -0.25) is 4.79 Å². The number of terminal acetylenes is 1. The standard InChI is InChI=1S/C26H28O8/c1-6-11-32-26-24(30-4)14-20(15-25(26)31-5)8-10-21(27)9-7-19-12-22(33-17-28-2)16-23(13-19)34-18-29-3/h1,7-10,12-16H,11,17-18H2,2-5H3. The molecule has 0 fully saturated rings. The lowest BCUT2D eigenvalue weighted by Gasteiger charge is -2.14. The zero-order chi connectivity index (χ0) is 24.8. The molecule has 0 N–H and O–H groups in total. The number of hydrogen-bond acceptors (Lipinski definition) is 8. The maximum atomic E-state index is 12.4. The van der Waals surface area contributed by atoms with E-state index in [1.54, 1.807) is 42.5 Å². The minimum absolute atomic E-state index is 0.0706. The van der Waals surface area contributed by atoms with E-state index in [0.717, 1.165) is 0 Å². The van der Waals surface area contributed by atoms with Gasteiger partial charge in [0, 0.05) is 20.3 Å². The zero-order valence-electron chi connectivity index (χ0n) is 19.7. The van der Waals surface area contributed by atoms with Crippen molar-refractivity contribution in [2.24, 2.45) is 0 Å². The Morgan fingerprint density at radius 2 is 1.29 bits per heavy atom. The molecule has 0 saturated carbocycles. The van der Waals surface area contributed by atoms with Crippen LogP contribution in [-0.4, -0.2) is 54.4 Å². The number of rotatable bonds is 14. The monoisotopic (exact) mass is 468 g/mol. The Morgan fingerprint density at radius 1 is 0.794 bits per heavy atom. The Bertz CT molecular complexity index is 998. The Kier molecular flexibility index (Phi) is 11.0. The summed E-state index contributed by atoms with van der Waals surface area (Å²) in [5.41, 5.74) is 1.40. The van der Waals surface area contributed by atoms with Crippen molar-refractivity contribution in [2.75, 3.05) is 48.6 Å². The quantitative estimate of drug-likeness (QED) is 0.234. The van der Waals surface area contributed by atoms with Gasteiger partial charge in [0.2, 0.25) is 5.75 Å². The van der Waals surface area contributed by atoms with Gasteiger partial charge in [0.05, 0.1) is 14.2 Å². The maximum absolute atomic E-state index is 12.4. The Morgan fingerprint density at radius 3 is 1.74 bits per heavy atom. The lowest BCUT2D eigenvalue weighted by molar-refractivity contribution is -0.110. The Balaban J connectivity index is 2.19. The van der Waals surface area contributed by atoms with Gasteiger partial charge in [-0.15, -0.1) is 6.42 Å². The van der Waals surface area contributed by atoms with Gasteiger partial charge in [-0.1, -0.05) is 18.1 Å². The summed E-state index contributed by atoms with van der Waals surface area (Å²) in [6.45, 7) is 0.233. The number of ether oxygens (including phenoxy) is 7. The molecule has 0 aliphatic carbocycles. The van der Waals surface area contributed by atoms with Crippen LogP contribution in [0.1, 0.15) is 11.1 Å². The Hall–Kier alpha value is -3.93. The fourth-order valence-corrected chi connectivity index (χ4v) is 2.78. The summed E-state index contributed by atoms with van der Waals surface area (Å²) < 4.78 is 37.1. The molecule has 0 aliphatic rings. The third-order valence-electron chi connectivity index (χ3n) is 4.25. The predicted octanol–water partition coefficient (Wildman–Crippen LogP) is 3.98. The molecule has 0 bridgehead atoms. The minimum Gasteiger partial charge on any atom is -0.493 e. The van der Waals surface area contributed by atoms with Gasteiger partial charge < -0.3 is 33.2 Å². The van der Waals surface area contributed by atoms with Crippen molar-refractivity contribution in [1.29, 1.82) is 0 Å². The molecule has 0 unspecified atom stereocenters. The second-order valence-corrected chi connectivity index (χ2v) is 6.66. The first-order chi connectivity index (χ1) is 16.5. The molecule has 8 heteroatoms. The molecule has 0 heterocycles. The van der Waals surface area contributed by atoms with E-state index in [0.29, 0.717) is 39.9 Å². The van der Waals surface area contributed by atoms with Gasteiger partial charge in [-0.2, -0.15) is 0 Å². The molecule has 0 radical (unpaired) electrons. The number of methoxy groups -OCH3 is 4. The minimum atomic E-state index is -0.229. The van der Waals surface area contributed by atoms with E-state index in [2.05, 4.69) is 5.92 Å². The van der Waals surface area contributed by atoms with E-state index in [1.165, 1.54) is 40.6 Å². The number of carbonyl (C=O) groups is 1. The molecule has 2 aromatic carbocycles. The number of allylic oxidation sites excluding steroid dienone is 2. The molecular weight excluding hydrogens is 440 g/mol. The van der Waals surface area contributed by atoms with Gasteiger partial charge >= 0.3 is 0 Å². The van der Waals surface area contributed by atoms with Crippen LogP contribution in [0.2, 0.25) is 0 Å². The SMILES string of the molecule is C#CCOc1c(OC)cc(C=CC(=O)C=Cc2cc(OCOC)cc(OCOC)c2)cc1OC. The van der Waals surface area contributed by atoms with Crippen LogP contribution in [0.15, 0.2) is 42.5 Å². The maximum Gasteiger partial charge on any atom is 0.204 e. The number of hydrogen-bond donors (Lipinski definition) is 0. The topological polar surface area (TPSA) is 81.7 Å². The Labute approximate surface area is 199 Å². The predicted molar refractivity (Wildman–Crippen MR) is 128 cm³/mol. The second-order valence-electron chi connectivity index (χ2n) is 6.66. The fraction of sp³-hybridized carbons (Fsp3) is 0.269. The molecule has 0 spiro atoms. The van der Waals surface area contributed by atoms with Crippen LogP contribution in [0, 0.1) is 12.3 Å². The molecular formula is C26H28O8. The highest BCUT2D eigenvalue weighted by Crippen LogP contribution is 2.38. The summed E-state index contributed by atoms with van der Waals surface area (Å²) in [5, 5.41) is 0. The summed E-state index contributed by atoms with van der Waals surface area (Å²) in [6.07, 6.45) is 11.4. The first kappa shape index (κ1) is 26.3. The highest BCUT2D eigenvalue weighted by atomic mass is 16.7. The van der Waals surface area contributed by atoms with Gasteiger partial charge in [-0.05, 0) is 47.5 Å². The van der Waals surface area contributed by atoms with Crippen LogP contribution in [0.3, 0.4) is 0 Å². The van der Waals surface area contributed by atoms with Crippen LogP contribution in [0.4, 0.5) is 0 Å². The lowest BCUT2D eigenvalue weighted by Crippen LogP contribution is -2.02. The fourth-order valence-electron chi connectivity index (χ4n) is 2.78. The molecule has 0 atom stereocenters. The zero-order valence-corrected chi connectivity index (χ0v) is 19.7. The van der Waals surface area contributed by atoms with Crippen LogP contribution in [-0.2, 0) is 14.3 Å². The average molecular weight is 469 g/mol. The molecule has 8 nitrogen and oxygen atoms in total. The van der Waals surface area contributed by atoms with Crippen molar-refractivity contribution in [1.82, 2.24) is 0 Å². The molecule has 0 saturated heterocycles. The van der Waals surface area contributed by atoms with E-state index in [-0.39, 0.29) is 26.0 Å². The van der Waals surface area contributed by atoms with Gasteiger partial charge in [0.25, 0.3) is 0 Å². The number of carbonyl (C=O) groups excluding carboxylic acids is 1. The van der Waals surface area contributed by atoms with Crippen molar-refractivity contribution in [2.45, 2.75) is 0 Å². The van der Waals surface area contributed by atoms with E-state index in [1.807, 2.05) is 0 Å². The number of ketones is 1. The highest BCUT2D eigenvalue weighted by molar-refractivity contribution is 6.04.